The number of piperidine rings is 1. The number of carbonyl (C=O) groups excluding carboxylic acids is 1. The number of nitrogens with one attached hydrogen (secondary N) is 1. The minimum absolute atomic E-state index is 0.115. The highest BCUT2D eigenvalue weighted by Crippen LogP contribution is 2.40. The lowest BCUT2D eigenvalue weighted by atomic mass is 9.71. The second-order valence-corrected chi connectivity index (χ2v) is 7.48. The van der Waals surface area contributed by atoms with Gasteiger partial charge < -0.3 is 10.2 Å². The van der Waals surface area contributed by atoms with Crippen LogP contribution in [-0.2, 0) is 4.79 Å². The predicted molar refractivity (Wildman–Crippen MR) is 83.6 cm³/mol. The molecule has 0 radical (unpaired) electrons. The van der Waals surface area contributed by atoms with Crippen molar-refractivity contribution in [2.75, 3.05) is 26.2 Å². The Balaban J connectivity index is 2.01. The Hall–Kier alpha value is -0.570. The van der Waals surface area contributed by atoms with Gasteiger partial charge in [0.1, 0.15) is 0 Å². The van der Waals surface area contributed by atoms with Crippen LogP contribution in [0.5, 0.6) is 0 Å². The number of carbonyl (C=O) groups is 1. The minimum Gasteiger partial charge on any atom is -0.342 e. The molecule has 2 aliphatic heterocycles. The number of hydrogen-bond acceptors (Lipinski definition) is 2. The van der Waals surface area contributed by atoms with E-state index in [-0.39, 0.29) is 5.41 Å². The number of hydrogen-bond donors (Lipinski definition) is 1. The summed E-state index contributed by atoms with van der Waals surface area (Å²) in [5.74, 6) is 1.02. The highest BCUT2D eigenvalue weighted by atomic mass is 16.2. The maximum atomic E-state index is 13.0. The Kier molecular flexibility index (Phi) is 4.78. The van der Waals surface area contributed by atoms with Gasteiger partial charge >= 0.3 is 0 Å². The van der Waals surface area contributed by atoms with Crippen LogP contribution in [0, 0.1) is 16.7 Å². The van der Waals surface area contributed by atoms with Crippen molar-refractivity contribution in [1.29, 1.82) is 0 Å². The molecule has 0 aromatic rings. The topological polar surface area (TPSA) is 32.3 Å². The highest BCUT2D eigenvalue weighted by Gasteiger charge is 2.44. The summed E-state index contributed by atoms with van der Waals surface area (Å²) >= 11 is 0. The van der Waals surface area contributed by atoms with E-state index in [0.717, 1.165) is 45.4 Å². The van der Waals surface area contributed by atoms with Gasteiger partial charge in [0.05, 0.1) is 0 Å². The van der Waals surface area contributed by atoms with Crippen molar-refractivity contribution in [2.24, 2.45) is 16.7 Å². The Bertz CT molecular complexity index is 333. The van der Waals surface area contributed by atoms with Gasteiger partial charge in [-0.15, -0.1) is 0 Å². The lowest BCUT2D eigenvalue weighted by molar-refractivity contribution is -0.147. The normalized spacial score (nSPS) is 22.1. The molecular formula is C17H32N2O. The number of nitrogens with zero attached hydrogens (tertiary/aromatic N) is 1. The van der Waals surface area contributed by atoms with Gasteiger partial charge in [-0.3, -0.25) is 4.79 Å². The third-order valence-corrected chi connectivity index (χ3v) is 5.72. The van der Waals surface area contributed by atoms with Crippen LogP contribution < -0.4 is 5.32 Å². The Morgan fingerprint density at radius 1 is 1.20 bits per heavy atom. The zero-order valence-electron chi connectivity index (χ0n) is 13.8. The molecule has 20 heavy (non-hydrogen) atoms. The molecule has 0 bridgehead atoms. The molecular weight excluding hydrogens is 248 g/mol. The van der Waals surface area contributed by atoms with E-state index in [0.29, 0.717) is 17.2 Å². The van der Waals surface area contributed by atoms with Gasteiger partial charge in [-0.25, -0.2) is 0 Å². The van der Waals surface area contributed by atoms with Crippen LogP contribution in [0.25, 0.3) is 0 Å². The SMILES string of the molecule is CCC(CC)(CC(C)C)C(=O)N1CCC2(CC1)CNC2. The molecule has 1 N–H and O–H groups in total. The molecule has 2 saturated heterocycles. The summed E-state index contributed by atoms with van der Waals surface area (Å²) in [6.45, 7) is 13.1. The smallest absolute Gasteiger partial charge is 0.228 e. The molecule has 2 fully saturated rings. The first-order valence-corrected chi connectivity index (χ1v) is 8.47. The summed E-state index contributed by atoms with van der Waals surface area (Å²) in [7, 11) is 0. The van der Waals surface area contributed by atoms with Crippen molar-refractivity contribution < 1.29 is 4.79 Å². The lowest BCUT2D eigenvalue weighted by Gasteiger charge is -2.50. The van der Waals surface area contributed by atoms with Gasteiger partial charge in [0, 0.05) is 31.6 Å². The number of likely N-dealkylation sites (tertiary alicyclic amines) is 1. The van der Waals surface area contributed by atoms with Crippen LogP contribution in [-0.4, -0.2) is 37.0 Å². The average Bonchev–Trinajstić information content (AvgIpc) is 2.42. The fraction of sp³-hybridized carbons (Fsp3) is 0.941. The Morgan fingerprint density at radius 2 is 1.75 bits per heavy atom. The summed E-state index contributed by atoms with van der Waals surface area (Å²) in [5, 5.41) is 3.39. The first-order chi connectivity index (χ1) is 9.47. The van der Waals surface area contributed by atoms with Crippen molar-refractivity contribution in [2.45, 2.75) is 59.8 Å². The zero-order valence-corrected chi connectivity index (χ0v) is 13.8. The molecule has 0 atom stereocenters. The van der Waals surface area contributed by atoms with Gasteiger partial charge in [0.2, 0.25) is 5.91 Å². The molecule has 2 rings (SSSR count). The fourth-order valence-corrected chi connectivity index (χ4v) is 4.06. The summed E-state index contributed by atoms with van der Waals surface area (Å²) in [4.78, 5) is 15.2. The molecule has 0 aliphatic carbocycles. The van der Waals surface area contributed by atoms with Crippen LogP contribution in [0.15, 0.2) is 0 Å². The lowest BCUT2D eigenvalue weighted by Crippen LogP contribution is -2.60. The second kappa shape index (κ2) is 6.05. The van der Waals surface area contributed by atoms with Crippen LogP contribution in [0.4, 0.5) is 0 Å². The fourth-order valence-electron chi connectivity index (χ4n) is 4.06. The maximum absolute atomic E-state index is 13.0. The number of amides is 1. The Morgan fingerprint density at radius 3 is 2.10 bits per heavy atom. The molecule has 3 nitrogen and oxygen atoms in total. The summed E-state index contributed by atoms with van der Waals surface area (Å²) in [6.07, 6.45) is 5.36. The summed E-state index contributed by atoms with van der Waals surface area (Å²) < 4.78 is 0. The van der Waals surface area contributed by atoms with Crippen molar-refractivity contribution in [3.63, 3.8) is 0 Å². The van der Waals surface area contributed by atoms with E-state index in [1.54, 1.807) is 0 Å². The van der Waals surface area contributed by atoms with Crippen molar-refractivity contribution in [3.05, 3.63) is 0 Å². The van der Waals surface area contributed by atoms with Crippen LogP contribution in [0.2, 0.25) is 0 Å². The number of rotatable bonds is 5. The van der Waals surface area contributed by atoms with E-state index >= 15 is 0 Å². The highest BCUT2D eigenvalue weighted by molar-refractivity contribution is 5.82. The summed E-state index contributed by atoms with van der Waals surface area (Å²) in [5.41, 5.74) is 0.409. The van der Waals surface area contributed by atoms with E-state index in [1.807, 2.05) is 0 Å². The summed E-state index contributed by atoms with van der Waals surface area (Å²) in [6, 6.07) is 0. The molecule has 116 valence electrons. The van der Waals surface area contributed by atoms with E-state index < -0.39 is 0 Å². The Labute approximate surface area is 124 Å². The van der Waals surface area contributed by atoms with E-state index in [2.05, 4.69) is 37.9 Å². The molecule has 0 unspecified atom stereocenters. The molecule has 3 heteroatoms. The third kappa shape index (κ3) is 2.88. The van der Waals surface area contributed by atoms with Gasteiger partial charge in [-0.05, 0) is 43.4 Å². The average molecular weight is 280 g/mol. The predicted octanol–water partition coefficient (Wildman–Crippen LogP) is 3.05. The monoisotopic (exact) mass is 280 g/mol. The van der Waals surface area contributed by atoms with Crippen LogP contribution in [0.3, 0.4) is 0 Å². The largest absolute Gasteiger partial charge is 0.342 e. The molecule has 1 spiro atoms. The first kappa shape index (κ1) is 15.8. The van der Waals surface area contributed by atoms with E-state index in [4.69, 9.17) is 0 Å². The maximum Gasteiger partial charge on any atom is 0.228 e. The molecule has 0 saturated carbocycles. The molecule has 1 amide bonds. The standard InChI is InChI=1S/C17H32N2O/c1-5-17(6-2,11-14(3)4)15(20)19-9-7-16(8-10-19)12-18-13-16/h14,18H,5-13H2,1-4H3. The van der Waals surface area contributed by atoms with Crippen LogP contribution >= 0.6 is 0 Å². The molecule has 2 aliphatic rings. The van der Waals surface area contributed by atoms with Crippen molar-refractivity contribution >= 4 is 5.91 Å². The minimum atomic E-state index is -0.115. The molecule has 0 aromatic heterocycles. The van der Waals surface area contributed by atoms with E-state index in [1.165, 1.54) is 12.8 Å². The molecule has 0 aromatic carbocycles. The third-order valence-electron chi connectivity index (χ3n) is 5.72. The van der Waals surface area contributed by atoms with Crippen molar-refractivity contribution in [3.8, 4) is 0 Å². The van der Waals surface area contributed by atoms with Gasteiger partial charge in [0.15, 0.2) is 0 Å². The van der Waals surface area contributed by atoms with Gasteiger partial charge in [0.25, 0.3) is 0 Å². The van der Waals surface area contributed by atoms with E-state index in [9.17, 15) is 4.79 Å². The van der Waals surface area contributed by atoms with Crippen molar-refractivity contribution in [1.82, 2.24) is 10.2 Å². The van der Waals surface area contributed by atoms with Gasteiger partial charge in [-0.2, -0.15) is 0 Å². The quantitative estimate of drug-likeness (QED) is 0.839. The van der Waals surface area contributed by atoms with Crippen LogP contribution in [0.1, 0.15) is 59.8 Å². The first-order valence-electron chi connectivity index (χ1n) is 8.47. The second-order valence-electron chi connectivity index (χ2n) is 7.48. The zero-order chi connectivity index (χ0) is 14.8. The van der Waals surface area contributed by atoms with Gasteiger partial charge in [-0.1, -0.05) is 27.7 Å². The molecule has 2 heterocycles.